The predicted octanol–water partition coefficient (Wildman–Crippen LogP) is 1.90. The molecular formula is C17H23ClN4O. The van der Waals surface area contributed by atoms with Crippen LogP contribution in [0.5, 0.6) is 0 Å². The summed E-state index contributed by atoms with van der Waals surface area (Å²) < 4.78 is 1.73. The molecule has 1 aromatic carbocycles. The summed E-state index contributed by atoms with van der Waals surface area (Å²) in [6.45, 7) is 2.28. The molecule has 0 saturated carbocycles. The van der Waals surface area contributed by atoms with Gasteiger partial charge in [-0.05, 0) is 13.5 Å². The summed E-state index contributed by atoms with van der Waals surface area (Å²) in [7, 11) is 3.94. The molecule has 0 aliphatic carbocycles. The molecule has 124 valence electrons. The maximum atomic E-state index is 9.63. The molecule has 1 aliphatic rings. The number of halogens is 1. The van der Waals surface area contributed by atoms with Gasteiger partial charge in [0.25, 0.3) is 0 Å². The molecule has 1 fully saturated rings. The van der Waals surface area contributed by atoms with Crippen LogP contribution >= 0.6 is 11.6 Å². The molecule has 2 N–H and O–H groups in total. The molecule has 1 aromatic heterocycles. The molecule has 5 nitrogen and oxygen atoms in total. The van der Waals surface area contributed by atoms with Gasteiger partial charge >= 0.3 is 0 Å². The molecule has 1 saturated heterocycles. The van der Waals surface area contributed by atoms with Crippen LogP contribution in [0.4, 0.5) is 0 Å². The van der Waals surface area contributed by atoms with E-state index in [1.807, 2.05) is 25.2 Å². The maximum Gasteiger partial charge on any atom is 0.131 e. The average Bonchev–Trinajstić information content (AvgIpc) is 3.06. The number of aliphatic hydroxyl groups is 1. The van der Waals surface area contributed by atoms with Crippen molar-refractivity contribution in [1.82, 2.24) is 20.0 Å². The Morgan fingerprint density at radius 1 is 1.39 bits per heavy atom. The van der Waals surface area contributed by atoms with Gasteiger partial charge in [0, 0.05) is 43.9 Å². The van der Waals surface area contributed by atoms with Gasteiger partial charge in [0.05, 0.1) is 11.8 Å². The second kappa shape index (κ2) is 7.01. The first-order valence-electron chi connectivity index (χ1n) is 7.91. The highest BCUT2D eigenvalue weighted by Gasteiger charge is 2.24. The van der Waals surface area contributed by atoms with Crippen LogP contribution in [-0.4, -0.2) is 52.1 Å². The molecule has 3 rings (SSSR count). The standard InChI is InChI=1S/C17H23ClN4O/c1-21(10-13-8-14(23)9-19-13)11-15-16(20-22(2)17(15)18)12-6-4-3-5-7-12/h3-7,13-14,19,23H,8-11H2,1-2H3/t13-,14+/m0/s1. The van der Waals surface area contributed by atoms with Crippen LogP contribution in [-0.2, 0) is 13.6 Å². The fourth-order valence-electron chi connectivity index (χ4n) is 3.16. The third-order valence-corrected chi connectivity index (χ3v) is 4.75. The van der Waals surface area contributed by atoms with Crippen molar-refractivity contribution in [2.45, 2.75) is 25.1 Å². The van der Waals surface area contributed by atoms with Gasteiger partial charge in [0.2, 0.25) is 0 Å². The van der Waals surface area contributed by atoms with Crippen molar-refractivity contribution in [1.29, 1.82) is 0 Å². The topological polar surface area (TPSA) is 53.3 Å². The van der Waals surface area contributed by atoms with Crippen LogP contribution in [0.3, 0.4) is 0 Å². The van der Waals surface area contributed by atoms with Crippen LogP contribution in [0, 0.1) is 0 Å². The minimum atomic E-state index is -0.227. The Hall–Kier alpha value is -1.40. The molecule has 0 spiro atoms. The van der Waals surface area contributed by atoms with Crippen LogP contribution in [0.1, 0.15) is 12.0 Å². The Morgan fingerprint density at radius 3 is 2.78 bits per heavy atom. The fourth-order valence-corrected chi connectivity index (χ4v) is 3.35. The lowest BCUT2D eigenvalue weighted by Crippen LogP contribution is -2.35. The van der Waals surface area contributed by atoms with Crippen molar-refractivity contribution in [2.75, 3.05) is 20.1 Å². The van der Waals surface area contributed by atoms with Crippen LogP contribution in [0.25, 0.3) is 11.3 Å². The van der Waals surface area contributed by atoms with Crippen molar-refractivity contribution in [3.05, 3.63) is 41.0 Å². The number of aromatic nitrogens is 2. The minimum absolute atomic E-state index is 0.227. The van der Waals surface area contributed by atoms with E-state index in [1.165, 1.54) is 0 Å². The summed E-state index contributed by atoms with van der Waals surface area (Å²) in [5, 5.41) is 18.2. The molecule has 23 heavy (non-hydrogen) atoms. The quantitative estimate of drug-likeness (QED) is 0.877. The summed E-state index contributed by atoms with van der Waals surface area (Å²) >= 11 is 6.47. The predicted molar refractivity (Wildman–Crippen MR) is 92.4 cm³/mol. The van der Waals surface area contributed by atoms with E-state index in [-0.39, 0.29) is 6.10 Å². The number of rotatable bonds is 5. The number of β-amino-alcohol motifs (C(OH)–C–C–N with tert-alkyl or cyclic N) is 1. The number of hydrogen-bond donors (Lipinski definition) is 2. The van der Waals surface area contributed by atoms with E-state index in [2.05, 4.69) is 34.5 Å². The van der Waals surface area contributed by atoms with Crippen LogP contribution in [0.15, 0.2) is 30.3 Å². The zero-order chi connectivity index (χ0) is 16.4. The molecule has 0 radical (unpaired) electrons. The normalized spacial score (nSPS) is 21.3. The fraction of sp³-hybridized carbons (Fsp3) is 0.471. The van der Waals surface area contributed by atoms with E-state index < -0.39 is 0 Å². The molecule has 6 heteroatoms. The smallest absolute Gasteiger partial charge is 0.131 e. The number of aryl methyl sites for hydroxylation is 1. The second-order valence-electron chi connectivity index (χ2n) is 6.30. The van der Waals surface area contributed by atoms with Crippen molar-refractivity contribution >= 4 is 11.6 Å². The summed E-state index contributed by atoms with van der Waals surface area (Å²) in [6.07, 6.45) is 0.576. The van der Waals surface area contributed by atoms with Gasteiger partial charge in [0.1, 0.15) is 5.15 Å². The first-order chi connectivity index (χ1) is 11.0. The molecule has 0 unspecified atom stereocenters. The Balaban J connectivity index is 1.77. The average molecular weight is 335 g/mol. The zero-order valence-corrected chi connectivity index (χ0v) is 14.3. The molecule has 2 heterocycles. The molecule has 2 atom stereocenters. The summed E-state index contributed by atoms with van der Waals surface area (Å²) in [5.41, 5.74) is 3.05. The van der Waals surface area contributed by atoms with Crippen molar-refractivity contribution in [3.8, 4) is 11.3 Å². The van der Waals surface area contributed by atoms with E-state index in [0.29, 0.717) is 17.7 Å². The van der Waals surface area contributed by atoms with Crippen molar-refractivity contribution < 1.29 is 5.11 Å². The first kappa shape index (κ1) is 16.5. The van der Waals surface area contributed by atoms with E-state index in [9.17, 15) is 5.11 Å². The summed E-state index contributed by atoms with van der Waals surface area (Å²) in [4.78, 5) is 2.23. The third-order valence-electron chi connectivity index (χ3n) is 4.28. The lowest BCUT2D eigenvalue weighted by atomic mass is 10.1. The highest BCUT2D eigenvalue weighted by molar-refractivity contribution is 6.30. The Labute approximate surface area is 141 Å². The summed E-state index contributed by atoms with van der Waals surface area (Å²) in [6, 6.07) is 10.4. The van der Waals surface area contributed by atoms with E-state index in [0.717, 1.165) is 36.3 Å². The van der Waals surface area contributed by atoms with Crippen LogP contribution in [0.2, 0.25) is 5.15 Å². The van der Waals surface area contributed by atoms with Gasteiger partial charge in [-0.1, -0.05) is 41.9 Å². The lowest BCUT2D eigenvalue weighted by molar-refractivity contribution is 0.189. The van der Waals surface area contributed by atoms with Gasteiger partial charge in [0.15, 0.2) is 0 Å². The highest BCUT2D eigenvalue weighted by atomic mass is 35.5. The molecular weight excluding hydrogens is 312 g/mol. The zero-order valence-electron chi connectivity index (χ0n) is 13.5. The number of likely N-dealkylation sites (N-methyl/N-ethyl adjacent to an activating group) is 1. The Bertz CT molecular complexity index is 658. The largest absolute Gasteiger partial charge is 0.392 e. The second-order valence-corrected chi connectivity index (χ2v) is 6.66. The monoisotopic (exact) mass is 334 g/mol. The van der Waals surface area contributed by atoms with Gasteiger partial charge in [-0.2, -0.15) is 5.10 Å². The van der Waals surface area contributed by atoms with Crippen molar-refractivity contribution in [2.24, 2.45) is 7.05 Å². The van der Waals surface area contributed by atoms with Gasteiger partial charge < -0.3 is 15.3 Å². The Kier molecular flexibility index (Phi) is 5.02. The number of nitrogens with zero attached hydrogens (tertiary/aromatic N) is 3. The molecule has 0 amide bonds. The lowest BCUT2D eigenvalue weighted by Gasteiger charge is -2.21. The highest BCUT2D eigenvalue weighted by Crippen LogP contribution is 2.29. The first-order valence-corrected chi connectivity index (χ1v) is 8.29. The number of hydrogen-bond acceptors (Lipinski definition) is 4. The molecule has 2 aromatic rings. The van der Waals surface area contributed by atoms with Crippen LogP contribution < -0.4 is 5.32 Å². The van der Waals surface area contributed by atoms with Crippen molar-refractivity contribution in [3.63, 3.8) is 0 Å². The summed E-state index contributed by atoms with van der Waals surface area (Å²) in [5.74, 6) is 0. The molecule has 0 bridgehead atoms. The number of aliphatic hydroxyl groups excluding tert-OH is 1. The van der Waals surface area contributed by atoms with Gasteiger partial charge in [-0.15, -0.1) is 0 Å². The number of benzene rings is 1. The maximum absolute atomic E-state index is 9.63. The van der Waals surface area contributed by atoms with E-state index in [1.54, 1.807) is 4.68 Å². The van der Waals surface area contributed by atoms with E-state index in [4.69, 9.17) is 11.6 Å². The SMILES string of the molecule is CN(Cc1c(-c2ccccc2)nn(C)c1Cl)C[C@@H]1C[C@@H](O)CN1. The minimum Gasteiger partial charge on any atom is -0.392 e. The van der Waals surface area contributed by atoms with Gasteiger partial charge in [-0.25, -0.2) is 0 Å². The number of nitrogens with one attached hydrogen (secondary N) is 1. The van der Waals surface area contributed by atoms with E-state index >= 15 is 0 Å². The third kappa shape index (κ3) is 3.75. The Morgan fingerprint density at radius 2 is 2.13 bits per heavy atom. The molecule has 1 aliphatic heterocycles. The van der Waals surface area contributed by atoms with Gasteiger partial charge in [-0.3, -0.25) is 4.68 Å².